The number of hydrogen-bond donors (Lipinski definition) is 2. The van der Waals surface area contributed by atoms with Gasteiger partial charge in [-0.15, -0.1) is 10.2 Å². The second-order valence-electron chi connectivity index (χ2n) is 3.92. The number of anilines is 2. The molecule has 7 heteroatoms. The van der Waals surface area contributed by atoms with Gasteiger partial charge in [0.05, 0.1) is 4.47 Å². The highest BCUT2D eigenvalue weighted by molar-refractivity contribution is 9.10. The SMILES string of the molecule is CCNc1ccc(C(=O)Nc2ccc(Br)c(F)c2)nn1. The van der Waals surface area contributed by atoms with E-state index in [1.165, 1.54) is 12.1 Å². The molecule has 0 fully saturated rings. The van der Waals surface area contributed by atoms with Crippen LogP contribution in [-0.2, 0) is 0 Å². The number of nitrogens with zero attached hydrogens (tertiary/aromatic N) is 2. The molecule has 0 aliphatic heterocycles. The number of carbonyl (C=O) groups excluding carboxylic acids is 1. The molecule has 0 spiro atoms. The van der Waals surface area contributed by atoms with Crippen molar-refractivity contribution in [3.8, 4) is 0 Å². The Kier molecular flexibility index (Phi) is 4.62. The predicted molar refractivity (Wildman–Crippen MR) is 78.2 cm³/mol. The van der Waals surface area contributed by atoms with Gasteiger partial charge < -0.3 is 10.6 Å². The number of nitrogens with one attached hydrogen (secondary N) is 2. The molecule has 0 saturated carbocycles. The van der Waals surface area contributed by atoms with Crippen molar-refractivity contribution in [3.63, 3.8) is 0 Å². The van der Waals surface area contributed by atoms with Crippen molar-refractivity contribution in [1.29, 1.82) is 0 Å². The molecule has 0 aliphatic carbocycles. The predicted octanol–water partition coefficient (Wildman–Crippen LogP) is 3.06. The lowest BCUT2D eigenvalue weighted by atomic mass is 10.3. The molecule has 1 heterocycles. The Morgan fingerprint density at radius 2 is 2.10 bits per heavy atom. The number of aromatic nitrogens is 2. The highest BCUT2D eigenvalue weighted by Crippen LogP contribution is 2.19. The molecule has 0 bridgehead atoms. The second-order valence-corrected chi connectivity index (χ2v) is 4.77. The van der Waals surface area contributed by atoms with E-state index in [1.54, 1.807) is 18.2 Å². The molecule has 0 atom stereocenters. The first-order chi connectivity index (χ1) is 9.60. The van der Waals surface area contributed by atoms with Gasteiger partial charge in [-0.05, 0) is 53.2 Å². The Bertz CT molecular complexity index is 618. The van der Waals surface area contributed by atoms with Crippen LogP contribution >= 0.6 is 15.9 Å². The first kappa shape index (κ1) is 14.4. The zero-order valence-corrected chi connectivity index (χ0v) is 12.2. The van der Waals surface area contributed by atoms with E-state index in [9.17, 15) is 9.18 Å². The van der Waals surface area contributed by atoms with E-state index in [0.717, 1.165) is 6.54 Å². The van der Waals surface area contributed by atoms with Crippen molar-refractivity contribution in [2.45, 2.75) is 6.92 Å². The summed E-state index contributed by atoms with van der Waals surface area (Å²) >= 11 is 3.05. The largest absolute Gasteiger partial charge is 0.369 e. The maximum absolute atomic E-state index is 13.3. The lowest BCUT2D eigenvalue weighted by molar-refractivity contribution is 0.102. The minimum Gasteiger partial charge on any atom is -0.369 e. The molecule has 0 saturated heterocycles. The van der Waals surface area contributed by atoms with Gasteiger partial charge in [-0.2, -0.15) is 0 Å². The molecule has 104 valence electrons. The van der Waals surface area contributed by atoms with E-state index >= 15 is 0 Å². The van der Waals surface area contributed by atoms with Gasteiger partial charge in [0.15, 0.2) is 5.69 Å². The minimum absolute atomic E-state index is 0.162. The van der Waals surface area contributed by atoms with Crippen LogP contribution in [0.5, 0.6) is 0 Å². The molecule has 20 heavy (non-hydrogen) atoms. The second kappa shape index (κ2) is 6.42. The van der Waals surface area contributed by atoms with Gasteiger partial charge in [0, 0.05) is 12.2 Å². The Morgan fingerprint density at radius 1 is 1.30 bits per heavy atom. The third-order valence-corrected chi connectivity index (χ3v) is 3.08. The number of carbonyl (C=O) groups is 1. The Morgan fingerprint density at radius 3 is 2.70 bits per heavy atom. The Hall–Kier alpha value is -2.02. The maximum atomic E-state index is 13.3. The van der Waals surface area contributed by atoms with Gasteiger partial charge in [0.25, 0.3) is 5.91 Å². The summed E-state index contributed by atoms with van der Waals surface area (Å²) in [5, 5.41) is 13.2. The highest BCUT2D eigenvalue weighted by Gasteiger charge is 2.09. The number of benzene rings is 1. The molecule has 1 aromatic heterocycles. The Labute approximate surface area is 123 Å². The van der Waals surface area contributed by atoms with Crippen molar-refractivity contribution in [1.82, 2.24) is 10.2 Å². The molecule has 2 N–H and O–H groups in total. The number of amides is 1. The van der Waals surface area contributed by atoms with Crippen molar-refractivity contribution in [3.05, 3.63) is 46.3 Å². The summed E-state index contributed by atoms with van der Waals surface area (Å²) in [4.78, 5) is 11.9. The van der Waals surface area contributed by atoms with Gasteiger partial charge >= 0.3 is 0 Å². The van der Waals surface area contributed by atoms with Crippen molar-refractivity contribution >= 4 is 33.3 Å². The fourth-order valence-electron chi connectivity index (χ4n) is 1.50. The molecule has 0 aliphatic rings. The van der Waals surface area contributed by atoms with Gasteiger partial charge in [-0.3, -0.25) is 4.79 Å². The lowest BCUT2D eigenvalue weighted by Crippen LogP contribution is -2.15. The maximum Gasteiger partial charge on any atom is 0.276 e. The zero-order chi connectivity index (χ0) is 14.5. The third-order valence-electron chi connectivity index (χ3n) is 2.43. The van der Waals surface area contributed by atoms with Gasteiger partial charge in [0.2, 0.25) is 0 Å². The molecular weight excluding hydrogens is 327 g/mol. The van der Waals surface area contributed by atoms with E-state index in [0.29, 0.717) is 16.0 Å². The highest BCUT2D eigenvalue weighted by atomic mass is 79.9. The van der Waals surface area contributed by atoms with Crippen LogP contribution in [0.1, 0.15) is 17.4 Å². The molecule has 0 unspecified atom stereocenters. The van der Waals surface area contributed by atoms with Crippen LogP contribution in [0.4, 0.5) is 15.9 Å². The third kappa shape index (κ3) is 3.51. The number of halogens is 2. The first-order valence-corrected chi connectivity index (χ1v) is 6.73. The summed E-state index contributed by atoms with van der Waals surface area (Å²) in [6, 6.07) is 7.54. The van der Waals surface area contributed by atoms with E-state index in [4.69, 9.17) is 0 Å². The molecule has 1 amide bonds. The van der Waals surface area contributed by atoms with Gasteiger partial charge in [0.1, 0.15) is 11.6 Å². The van der Waals surface area contributed by atoms with Crippen LogP contribution in [0.25, 0.3) is 0 Å². The average molecular weight is 339 g/mol. The smallest absolute Gasteiger partial charge is 0.276 e. The van der Waals surface area contributed by atoms with E-state index in [1.807, 2.05) is 6.92 Å². The monoisotopic (exact) mass is 338 g/mol. The van der Waals surface area contributed by atoms with Gasteiger partial charge in [-0.25, -0.2) is 4.39 Å². The van der Waals surface area contributed by atoms with Crippen molar-refractivity contribution in [2.24, 2.45) is 0 Å². The van der Waals surface area contributed by atoms with Gasteiger partial charge in [-0.1, -0.05) is 0 Å². The molecular formula is C13H12BrFN4O. The topological polar surface area (TPSA) is 66.9 Å². The fourth-order valence-corrected chi connectivity index (χ4v) is 1.74. The quantitative estimate of drug-likeness (QED) is 0.898. The molecule has 5 nitrogen and oxygen atoms in total. The number of rotatable bonds is 4. The Balaban J connectivity index is 2.09. The molecule has 0 radical (unpaired) electrons. The van der Waals surface area contributed by atoms with Crippen LogP contribution < -0.4 is 10.6 Å². The summed E-state index contributed by atoms with van der Waals surface area (Å²) in [5.74, 6) is -0.294. The van der Waals surface area contributed by atoms with Crippen LogP contribution in [0.2, 0.25) is 0 Å². The lowest BCUT2D eigenvalue weighted by Gasteiger charge is -2.06. The van der Waals surface area contributed by atoms with Crippen LogP contribution in [0.15, 0.2) is 34.8 Å². The summed E-state index contributed by atoms with van der Waals surface area (Å²) < 4.78 is 13.7. The molecule has 2 rings (SSSR count). The summed E-state index contributed by atoms with van der Waals surface area (Å²) in [6.07, 6.45) is 0. The molecule has 2 aromatic rings. The number of hydrogen-bond acceptors (Lipinski definition) is 4. The van der Waals surface area contributed by atoms with Crippen molar-refractivity contribution in [2.75, 3.05) is 17.2 Å². The summed E-state index contributed by atoms with van der Waals surface area (Å²) in [6.45, 7) is 2.66. The van der Waals surface area contributed by atoms with Crippen LogP contribution in [-0.4, -0.2) is 22.6 Å². The van der Waals surface area contributed by atoms with Crippen LogP contribution in [0.3, 0.4) is 0 Å². The summed E-state index contributed by atoms with van der Waals surface area (Å²) in [7, 11) is 0. The van der Waals surface area contributed by atoms with E-state index in [-0.39, 0.29) is 5.69 Å². The average Bonchev–Trinajstić information content (AvgIpc) is 2.44. The van der Waals surface area contributed by atoms with Crippen LogP contribution in [0, 0.1) is 5.82 Å². The standard InChI is InChI=1S/C13H12BrFN4O/c1-2-16-12-6-5-11(18-19-12)13(20)17-8-3-4-9(14)10(15)7-8/h3-7H,2H2,1H3,(H,16,19)(H,17,20). The molecule has 1 aromatic carbocycles. The fraction of sp³-hybridized carbons (Fsp3) is 0.154. The van der Waals surface area contributed by atoms with E-state index in [2.05, 4.69) is 36.8 Å². The first-order valence-electron chi connectivity index (χ1n) is 5.94. The van der Waals surface area contributed by atoms with E-state index < -0.39 is 11.7 Å². The minimum atomic E-state index is -0.448. The zero-order valence-electron chi connectivity index (χ0n) is 10.7. The summed E-state index contributed by atoms with van der Waals surface area (Å²) in [5.41, 5.74) is 0.517. The normalized spacial score (nSPS) is 10.2. The van der Waals surface area contributed by atoms with Crippen molar-refractivity contribution < 1.29 is 9.18 Å².